The standard InChI is InChI=1S/C24H38N4O3S/c1-5-27(17(2)3)22-20(12-11-18(4)25-22)32(30,31)28-16-8-9-19(28)23(29)26-21-10-6-7-13-24(21)14-15-24/h11-12,17,19,21H,5-10,13-16H2,1-4H3,(H,26,29)/t19-,21?/m0/s1. The van der Waals surface area contributed by atoms with Gasteiger partial charge in [0.05, 0.1) is 0 Å². The van der Waals surface area contributed by atoms with E-state index in [-0.39, 0.29) is 28.3 Å². The number of aromatic nitrogens is 1. The van der Waals surface area contributed by atoms with Gasteiger partial charge in [-0.15, -0.1) is 0 Å². The largest absolute Gasteiger partial charge is 0.353 e. The summed E-state index contributed by atoms with van der Waals surface area (Å²) < 4.78 is 29.1. The second kappa shape index (κ2) is 8.93. The van der Waals surface area contributed by atoms with E-state index in [0.29, 0.717) is 31.7 Å². The Morgan fingerprint density at radius 2 is 1.97 bits per heavy atom. The van der Waals surface area contributed by atoms with Crippen LogP contribution in [-0.2, 0) is 14.8 Å². The monoisotopic (exact) mass is 462 g/mol. The van der Waals surface area contributed by atoms with E-state index < -0.39 is 16.1 Å². The Bertz CT molecular complexity index is 958. The van der Waals surface area contributed by atoms with Crippen molar-refractivity contribution in [2.45, 2.75) is 102 Å². The maximum atomic E-state index is 13.8. The summed E-state index contributed by atoms with van der Waals surface area (Å²) in [6, 6.07) is 3.07. The number of hydrogen-bond acceptors (Lipinski definition) is 5. The van der Waals surface area contributed by atoms with Crippen molar-refractivity contribution in [1.82, 2.24) is 14.6 Å². The number of hydrogen-bond donors (Lipinski definition) is 1. The number of pyridine rings is 1. The van der Waals surface area contributed by atoms with Crippen molar-refractivity contribution in [2.24, 2.45) is 5.41 Å². The van der Waals surface area contributed by atoms with Gasteiger partial charge >= 0.3 is 0 Å². The van der Waals surface area contributed by atoms with Gasteiger partial charge in [0.15, 0.2) is 0 Å². The van der Waals surface area contributed by atoms with Gasteiger partial charge in [-0.25, -0.2) is 13.4 Å². The summed E-state index contributed by atoms with van der Waals surface area (Å²) in [6.45, 7) is 8.98. The van der Waals surface area contributed by atoms with Crippen molar-refractivity contribution in [1.29, 1.82) is 0 Å². The van der Waals surface area contributed by atoms with Crippen molar-refractivity contribution in [2.75, 3.05) is 18.0 Å². The molecule has 1 aliphatic heterocycles. The van der Waals surface area contributed by atoms with Crippen LogP contribution in [0.5, 0.6) is 0 Å². The molecule has 2 heterocycles. The minimum Gasteiger partial charge on any atom is -0.353 e. The minimum absolute atomic E-state index is 0.113. The number of sulfonamides is 1. The van der Waals surface area contributed by atoms with Crippen molar-refractivity contribution in [3.63, 3.8) is 0 Å². The molecule has 1 aromatic rings. The molecule has 1 spiro atoms. The average Bonchev–Trinajstić information content (AvgIpc) is 3.31. The summed E-state index contributed by atoms with van der Waals surface area (Å²) in [6.07, 6.45) is 8.21. The highest BCUT2D eigenvalue weighted by Crippen LogP contribution is 2.56. The van der Waals surface area contributed by atoms with E-state index in [1.54, 1.807) is 12.1 Å². The van der Waals surface area contributed by atoms with Gasteiger partial charge in [0.25, 0.3) is 0 Å². The smallest absolute Gasteiger partial charge is 0.247 e. The van der Waals surface area contributed by atoms with E-state index in [4.69, 9.17) is 0 Å². The molecule has 2 saturated carbocycles. The molecule has 0 aromatic carbocycles. The average molecular weight is 463 g/mol. The Hall–Kier alpha value is -1.67. The van der Waals surface area contributed by atoms with Gasteiger partial charge in [-0.3, -0.25) is 4.79 Å². The highest BCUT2D eigenvalue weighted by Gasteiger charge is 2.51. The fraction of sp³-hybridized carbons (Fsp3) is 0.750. The fourth-order valence-electron chi connectivity index (χ4n) is 5.67. The Labute approximate surface area is 193 Å². The van der Waals surface area contributed by atoms with Gasteiger partial charge in [0.2, 0.25) is 15.9 Å². The minimum atomic E-state index is -3.85. The van der Waals surface area contributed by atoms with E-state index in [1.165, 1.54) is 30.0 Å². The molecule has 3 fully saturated rings. The number of nitrogens with zero attached hydrogens (tertiary/aromatic N) is 3. The first-order chi connectivity index (χ1) is 15.2. The van der Waals surface area contributed by atoms with Gasteiger partial charge in [0, 0.05) is 30.9 Å². The molecule has 2 atom stereocenters. The third-order valence-corrected chi connectivity index (χ3v) is 9.60. The first-order valence-corrected chi connectivity index (χ1v) is 13.7. The number of amides is 1. The van der Waals surface area contributed by atoms with Crippen LogP contribution in [0.4, 0.5) is 5.82 Å². The first kappa shape index (κ1) is 23.5. The summed E-state index contributed by atoms with van der Waals surface area (Å²) in [5.74, 6) is 0.361. The quantitative estimate of drug-likeness (QED) is 0.669. The molecule has 3 aliphatic rings. The zero-order valence-electron chi connectivity index (χ0n) is 19.9. The highest BCUT2D eigenvalue weighted by atomic mass is 32.2. The maximum Gasteiger partial charge on any atom is 0.247 e. The van der Waals surface area contributed by atoms with Crippen LogP contribution in [0.25, 0.3) is 0 Å². The van der Waals surface area contributed by atoms with Crippen LogP contribution in [0.15, 0.2) is 17.0 Å². The van der Waals surface area contributed by atoms with Crippen molar-refractivity contribution < 1.29 is 13.2 Å². The molecule has 32 heavy (non-hydrogen) atoms. The van der Waals surface area contributed by atoms with Crippen LogP contribution < -0.4 is 10.2 Å². The van der Waals surface area contributed by atoms with Crippen molar-refractivity contribution >= 4 is 21.7 Å². The van der Waals surface area contributed by atoms with Crippen LogP contribution in [0, 0.1) is 12.3 Å². The first-order valence-electron chi connectivity index (χ1n) is 12.3. The lowest BCUT2D eigenvalue weighted by Gasteiger charge is -2.34. The van der Waals surface area contributed by atoms with Crippen LogP contribution in [0.2, 0.25) is 0 Å². The van der Waals surface area contributed by atoms with Gasteiger partial charge in [-0.2, -0.15) is 4.31 Å². The second-order valence-electron chi connectivity index (χ2n) is 10.1. The van der Waals surface area contributed by atoms with Gasteiger partial charge in [0.1, 0.15) is 16.8 Å². The molecule has 1 saturated heterocycles. The lowest BCUT2D eigenvalue weighted by atomic mass is 9.81. The molecule has 7 nitrogen and oxygen atoms in total. The van der Waals surface area contributed by atoms with Crippen molar-refractivity contribution in [3.05, 3.63) is 17.8 Å². The van der Waals surface area contributed by atoms with Gasteiger partial charge in [-0.1, -0.05) is 12.8 Å². The zero-order valence-corrected chi connectivity index (χ0v) is 20.7. The molecule has 0 radical (unpaired) electrons. The number of carbonyl (C=O) groups excluding carboxylic acids is 1. The summed E-state index contributed by atoms with van der Waals surface area (Å²) in [7, 11) is -3.85. The molecular formula is C24H38N4O3S. The van der Waals surface area contributed by atoms with Crippen molar-refractivity contribution in [3.8, 4) is 0 Å². The zero-order chi connectivity index (χ0) is 23.1. The SMILES string of the molecule is CCN(c1nc(C)ccc1S(=O)(=O)N1CCC[C@H]1C(=O)NC1CCCCC12CC2)C(C)C. The van der Waals surface area contributed by atoms with E-state index in [2.05, 4.69) is 10.3 Å². The third kappa shape index (κ3) is 4.28. The Balaban J connectivity index is 1.60. The van der Waals surface area contributed by atoms with E-state index >= 15 is 0 Å². The fourth-order valence-corrected chi connectivity index (χ4v) is 7.46. The lowest BCUT2D eigenvalue weighted by molar-refractivity contribution is -0.125. The molecule has 1 amide bonds. The van der Waals surface area contributed by atoms with Gasteiger partial charge < -0.3 is 10.2 Å². The van der Waals surface area contributed by atoms with E-state index in [1.807, 2.05) is 32.6 Å². The molecule has 1 N–H and O–H groups in total. The molecule has 1 aromatic heterocycles. The molecular weight excluding hydrogens is 424 g/mol. The number of anilines is 1. The number of rotatable bonds is 7. The predicted molar refractivity (Wildman–Crippen MR) is 126 cm³/mol. The normalized spacial score (nSPS) is 25.3. The summed E-state index contributed by atoms with van der Waals surface area (Å²) in [4.78, 5) is 20.1. The molecule has 0 bridgehead atoms. The van der Waals surface area contributed by atoms with Crippen LogP contribution >= 0.6 is 0 Å². The highest BCUT2D eigenvalue weighted by molar-refractivity contribution is 7.89. The maximum absolute atomic E-state index is 13.8. The number of aryl methyl sites for hydroxylation is 1. The summed E-state index contributed by atoms with van der Waals surface area (Å²) in [5.41, 5.74) is 1.06. The van der Waals surface area contributed by atoms with Crippen LogP contribution in [0.1, 0.15) is 77.8 Å². The molecule has 1 unspecified atom stereocenters. The van der Waals surface area contributed by atoms with E-state index in [9.17, 15) is 13.2 Å². The Morgan fingerprint density at radius 3 is 2.62 bits per heavy atom. The second-order valence-corrected chi connectivity index (χ2v) is 12.0. The topological polar surface area (TPSA) is 82.6 Å². The lowest BCUT2D eigenvalue weighted by Crippen LogP contribution is -2.51. The Morgan fingerprint density at radius 1 is 1.22 bits per heavy atom. The summed E-state index contributed by atoms with van der Waals surface area (Å²) in [5, 5.41) is 3.27. The Kier molecular flexibility index (Phi) is 6.56. The third-order valence-electron chi connectivity index (χ3n) is 7.67. The summed E-state index contributed by atoms with van der Waals surface area (Å²) >= 11 is 0. The van der Waals surface area contributed by atoms with Gasteiger partial charge in [-0.05, 0) is 83.8 Å². The molecule has 178 valence electrons. The molecule has 8 heteroatoms. The molecule has 4 rings (SSSR count). The van der Waals surface area contributed by atoms with Crippen LogP contribution in [-0.4, -0.2) is 54.8 Å². The van der Waals surface area contributed by atoms with E-state index in [0.717, 1.165) is 18.5 Å². The van der Waals surface area contributed by atoms with Crippen LogP contribution in [0.3, 0.4) is 0 Å². The number of nitrogens with one attached hydrogen (secondary N) is 1. The molecule has 2 aliphatic carbocycles. The number of carbonyl (C=O) groups is 1. The predicted octanol–water partition coefficient (Wildman–Crippen LogP) is 3.62.